The highest BCUT2D eigenvalue weighted by Gasteiger charge is 2.12. The summed E-state index contributed by atoms with van der Waals surface area (Å²) in [6, 6.07) is 4.30. The Balaban J connectivity index is 1.87. The molecule has 3 nitrogen and oxygen atoms in total. The first-order valence-electron chi connectivity index (χ1n) is 7.28. The van der Waals surface area contributed by atoms with Crippen LogP contribution in [0.2, 0.25) is 0 Å². The van der Waals surface area contributed by atoms with Gasteiger partial charge in [-0.3, -0.25) is 0 Å². The molecule has 1 aromatic heterocycles. The molecule has 0 aromatic carbocycles. The molecule has 18 heavy (non-hydrogen) atoms. The van der Waals surface area contributed by atoms with Crippen LogP contribution in [0.3, 0.4) is 0 Å². The molecule has 0 spiro atoms. The first-order valence-corrected chi connectivity index (χ1v) is 7.28. The summed E-state index contributed by atoms with van der Waals surface area (Å²) in [6.45, 7) is 7.88. The van der Waals surface area contributed by atoms with Gasteiger partial charge in [0.05, 0.1) is 11.9 Å². The SMILES string of the molecule is CCC(CC)CNc1ccc(N2CCCC2)nc1. The molecule has 0 aliphatic carbocycles. The summed E-state index contributed by atoms with van der Waals surface area (Å²) in [5.41, 5.74) is 1.14. The lowest BCUT2D eigenvalue weighted by atomic mass is 10.0. The van der Waals surface area contributed by atoms with E-state index in [1.807, 2.05) is 6.20 Å². The third-order valence-electron chi connectivity index (χ3n) is 3.93. The Labute approximate surface area is 111 Å². The quantitative estimate of drug-likeness (QED) is 0.833. The Morgan fingerprint density at radius 2 is 1.94 bits per heavy atom. The van der Waals surface area contributed by atoms with Crippen LogP contribution in [0.1, 0.15) is 39.5 Å². The smallest absolute Gasteiger partial charge is 0.128 e. The first kappa shape index (κ1) is 13.2. The molecule has 1 fully saturated rings. The summed E-state index contributed by atoms with van der Waals surface area (Å²) in [7, 11) is 0. The van der Waals surface area contributed by atoms with Crippen LogP contribution in [0.5, 0.6) is 0 Å². The monoisotopic (exact) mass is 247 g/mol. The van der Waals surface area contributed by atoms with Crippen LogP contribution in [0, 0.1) is 5.92 Å². The average Bonchev–Trinajstić information content (AvgIpc) is 2.94. The Hall–Kier alpha value is -1.25. The zero-order chi connectivity index (χ0) is 12.8. The molecule has 0 atom stereocenters. The second-order valence-corrected chi connectivity index (χ2v) is 5.16. The van der Waals surface area contributed by atoms with Gasteiger partial charge in [-0.05, 0) is 30.9 Å². The van der Waals surface area contributed by atoms with Gasteiger partial charge in [0, 0.05) is 19.6 Å². The summed E-state index contributed by atoms with van der Waals surface area (Å²) >= 11 is 0. The van der Waals surface area contributed by atoms with Gasteiger partial charge in [0.15, 0.2) is 0 Å². The lowest BCUT2D eigenvalue weighted by Gasteiger charge is -2.17. The normalized spacial score (nSPS) is 15.4. The molecule has 0 bridgehead atoms. The number of aromatic nitrogens is 1. The van der Waals surface area contributed by atoms with Crippen molar-refractivity contribution in [1.29, 1.82) is 0 Å². The minimum atomic E-state index is 0.767. The number of pyridine rings is 1. The van der Waals surface area contributed by atoms with Crippen molar-refractivity contribution < 1.29 is 0 Å². The fraction of sp³-hybridized carbons (Fsp3) is 0.667. The molecule has 2 heterocycles. The highest BCUT2D eigenvalue weighted by molar-refractivity contribution is 5.49. The summed E-state index contributed by atoms with van der Waals surface area (Å²) in [6.07, 6.45) is 7.05. The van der Waals surface area contributed by atoms with Gasteiger partial charge in [0.2, 0.25) is 0 Å². The van der Waals surface area contributed by atoms with E-state index in [0.29, 0.717) is 0 Å². The standard InChI is InChI=1S/C15H25N3/c1-3-13(4-2)11-16-14-7-8-15(17-12-14)18-9-5-6-10-18/h7-8,12-13,16H,3-6,9-11H2,1-2H3. The molecule has 0 saturated carbocycles. The van der Waals surface area contributed by atoms with Crippen molar-refractivity contribution in [2.24, 2.45) is 5.92 Å². The van der Waals surface area contributed by atoms with E-state index in [0.717, 1.165) is 37.1 Å². The molecule has 1 N–H and O–H groups in total. The minimum absolute atomic E-state index is 0.767. The maximum Gasteiger partial charge on any atom is 0.128 e. The second-order valence-electron chi connectivity index (χ2n) is 5.16. The van der Waals surface area contributed by atoms with E-state index in [9.17, 15) is 0 Å². The Kier molecular flexibility index (Phi) is 4.85. The maximum atomic E-state index is 4.55. The molecule has 0 unspecified atom stereocenters. The lowest BCUT2D eigenvalue weighted by Crippen LogP contribution is -2.19. The molecular formula is C15H25N3. The molecule has 1 aromatic rings. The zero-order valence-corrected chi connectivity index (χ0v) is 11.7. The van der Waals surface area contributed by atoms with Crippen LogP contribution in [0.15, 0.2) is 18.3 Å². The third kappa shape index (κ3) is 3.37. The van der Waals surface area contributed by atoms with E-state index in [1.54, 1.807) is 0 Å². The summed E-state index contributed by atoms with van der Waals surface area (Å²) < 4.78 is 0. The Morgan fingerprint density at radius 1 is 1.22 bits per heavy atom. The van der Waals surface area contributed by atoms with Crippen LogP contribution < -0.4 is 10.2 Å². The highest BCUT2D eigenvalue weighted by Crippen LogP contribution is 2.19. The van der Waals surface area contributed by atoms with E-state index in [1.165, 1.54) is 25.7 Å². The van der Waals surface area contributed by atoms with Crippen molar-refractivity contribution >= 4 is 11.5 Å². The van der Waals surface area contributed by atoms with Crippen LogP contribution >= 0.6 is 0 Å². The molecule has 1 aliphatic rings. The van der Waals surface area contributed by atoms with Crippen molar-refractivity contribution in [2.45, 2.75) is 39.5 Å². The highest BCUT2D eigenvalue weighted by atomic mass is 15.2. The number of nitrogens with one attached hydrogen (secondary N) is 1. The second kappa shape index (κ2) is 6.62. The zero-order valence-electron chi connectivity index (χ0n) is 11.7. The van der Waals surface area contributed by atoms with E-state index in [4.69, 9.17) is 0 Å². The van der Waals surface area contributed by atoms with Gasteiger partial charge in [0.1, 0.15) is 5.82 Å². The van der Waals surface area contributed by atoms with Gasteiger partial charge in [-0.15, -0.1) is 0 Å². The largest absolute Gasteiger partial charge is 0.384 e. The van der Waals surface area contributed by atoms with Crippen molar-refractivity contribution in [3.63, 3.8) is 0 Å². The van der Waals surface area contributed by atoms with Crippen LogP contribution in [0.25, 0.3) is 0 Å². The van der Waals surface area contributed by atoms with E-state index < -0.39 is 0 Å². The van der Waals surface area contributed by atoms with E-state index in [2.05, 4.69) is 41.2 Å². The first-order chi connectivity index (χ1) is 8.83. The van der Waals surface area contributed by atoms with E-state index >= 15 is 0 Å². The number of hydrogen-bond acceptors (Lipinski definition) is 3. The van der Waals surface area contributed by atoms with Gasteiger partial charge in [-0.25, -0.2) is 4.98 Å². The lowest BCUT2D eigenvalue weighted by molar-refractivity contribution is 0.519. The fourth-order valence-electron chi connectivity index (χ4n) is 2.46. The number of nitrogens with zero attached hydrogens (tertiary/aromatic N) is 2. The Morgan fingerprint density at radius 3 is 2.50 bits per heavy atom. The van der Waals surface area contributed by atoms with Gasteiger partial charge in [-0.2, -0.15) is 0 Å². The number of rotatable bonds is 6. The van der Waals surface area contributed by atoms with Gasteiger partial charge < -0.3 is 10.2 Å². The van der Waals surface area contributed by atoms with Crippen molar-refractivity contribution in [1.82, 2.24) is 4.98 Å². The topological polar surface area (TPSA) is 28.2 Å². The minimum Gasteiger partial charge on any atom is -0.384 e. The molecule has 2 rings (SSSR count). The van der Waals surface area contributed by atoms with Crippen molar-refractivity contribution in [2.75, 3.05) is 29.9 Å². The fourth-order valence-corrected chi connectivity index (χ4v) is 2.46. The van der Waals surface area contributed by atoms with Crippen LogP contribution in [-0.4, -0.2) is 24.6 Å². The van der Waals surface area contributed by atoms with Gasteiger partial charge >= 0.3 is 0 Å². The third-order valence-corrected chi connectivity index (χ3v) is 3.93. The summed E-state index contributed by atoms with van der Waals surface area (Å²) in [5.74, 6) is 1.89. The molecular weight excluding hydrogens is 222 g/mol. The number of hydrogen-bond donors (Lipinski definition) is 1. The Bertz CT molecular complexity index is 337. The van der Waals surface area contributed by atoms with Crippen LogP contribution in [-0.2, 0) is 0 Å². The van der Waals surface area contributed by atoms with Crippen LogP contribution in [0.4, 0.5) is 11.5 Å². The van der Waals surface area contributed by atoms with Crippen molar-refractivity contribution in [3.8, 4) is 0 Å². The number of anilines is 2. The molecule has 3 heteroatoms. The predicted octanol–water partition coefficient (Wildman–Crippen LogP) is 3.53. The van der Waals surface area contributed by atoms with Gasteiger partial charge in [0.25, 0.3) is 0 Å². The van der Waals surface area contributed by atoms with Crippen molar-refractivity contribution in [3.05, 3.63) is 18.3 Å². The van der Waals surface area contributed by atoms with E-state index in [-0.39, 0.29) is 0 Å². The average molecular weight is 247 g/mol. The summed E-state index contributed by atoms with van der Waals surface area (Å²) in [4.78, 5) is 6.92. The molecule has 1 saturated heterocycles. The maximum absolute atomic E-state index is 4.55. The molecule has 100 valence electrons. The predicted molar refractivity (Wildman–Crippen MR) is 78.2 cm³/mol. The summed E-state index contributed by atoms with van der Waals surface area (Å²) in [5, 5.41) is 3.48. The van der Waals surface area contributed by atoms with Gasteiger partial charge in [-0.1, -0.05) is 26.7 Å². The molecule has 0 radical (unpaired) electrons. The molecule has 0 amide bonds. The molecule has 1 aliphatic heterocycles.